The summed E-state index contributed by atoms with van der Waals surface area (Å²) in [7, 11) is 0. The fraction of sp³-hybridized carbons (Fsp3) is 0.208. The Morgan fingerprint density at radius 2 is 1.76 bits per heavy atom. The van der Waals surface area contributed by atoms with Gasteiger partial charge in [-0.05, 0) is 37.3 Å². The highest BCUT2D eigenvalue weighted by molar-refractivity contribution is 5.75. The van der Waals surface area contributed by atoms with Gasteiger partial charge < -0.3 is 5.11 Å². The number of halogens is 5. The van der Waals surface area contributed by atoms with E-state index in [1.807, 2.05) is 0 Å². The monoisotopic (exact) mass is 531 g/mol. The molecule has 9 nitrogen and oxygen atoms in total. The highest BCUT2D eigenvalue weighted by atomic mass is 19.4. The zero-order valence-electron chi connectivity index (χ0n) is 19.5. The van der Waals surface area contributed by atoms with Crippen molar-refractivity contribution < 1.29 is 27.1 Å². The normalized spacial score (nSPS) is 14.5. The highest BCUT2D eigenvalue weighted by Crippen LogP contribution is 2.36. The zero-order valence-corrected chi connectivity index (χ0v) is 19.5. The second-order valence-corrected chi connectivity index (χ2v) is 8.61. The largest absolute Gasteiger partial charge is 0.416 e. The first-order chi connectivity index (χ1) is 18.0. The molecule has 0 unspecified atom stereocenters. The van der Waals surface area contributed by atoms with Gasteiger partial charge in [-0.3, -0.25) is 9.36 Å². The van der Waals surface area contributed by atoms with E-state index in [-0.39, 0.29) is 28.8 Å². The Labute approximate surface area is 210 Å². The molecule has 0 spiro atoms. The van der Waals surface area contributed by atoms with Crippen LogP contribution in [0.15, 0.2) is 72.4 Å². The molecule has 0 saturated carbocycles. The van der Waals surface area contributed by atoms with Crippen LogP contribution in [0.1, 0.15) is 24.1 Å². The molecular formula is C24H18F5N7O2. The number of hydrogen-bond acceptors (Lipinski definition) is 6. The molecular weight excluding hydrogens is 513 g/mol. The fourth-order valence-corrected chi connectivity index (χ4v) is 4.26. The van der Waals surface area contributed by atoms with Crippen LogP contribution in [0.4, 0.5) is 22.0 Å². The topological polar surface area (TPSA) is 104 Å². The molecule has 0 fully saturated rings. The van der Waals surface area contributed by atoms with Crippen LogP contribution in [0, 0.1) is 11.6 Å². The lowest BCUT2D eigenvalue weighted by Gasteiger charge is -2.35. The number of nitrogens with zero attached hydrogens (tertiary/aromatic N) is 7. The maximum Gasteiger partial charge on any atom is 0.416 e. The van der Waals surface area contributed by atoms with Crippen molar-refractivity contribution in [3.05, 3.63) is 101 Å². The predicted octanol–water partition coefficient (Wildman–Crippen LogP) is 3.62. The SMILES string of the molecule is C[C@@H](n1cnc2c(cnn2-c2ccc(C(F)(F)F)cc2)c1=O)[C@](O)(Cn1cncn1)c1ccc(F)cc1F. The molecule has 3 aromatic heterocycles. The molecule has 3 heterocycles. The molecule has 2 atom stereocenters. The first-order valence-corrected chi connectivity index (χ1v) is 11.1. The Balaban J connectivity index is 1.58. The lowest BCUT2D eigenvalue weighted by molar-refractivity contribution is -0.137. The Hall–Kier alpha value is -4.46. The summed E-state index contributed by atoms with van der Waals surface area (Å²) in [4.78, 5) is 21.5. The van der Waals surface area contributed by atoms with Crippen molar-refractivity contribution in [2.75, 3.05) is 0 Å². The van der Waals surface area contributed by atoms with Crippen molar-refractivity contribution in [2.24, 2.45) is 0 Å². The van der Waals surface area contributed by atoms with Crippen LogP contribution in [0.5, 0.6) is 0 Å². The molecule has 0 aliphatic carbocycles. The number of aromatic nitrogens is 7. The van der Waals surface area contributed by atoms with Crippen molar-refractivity contribution in [1.82, 2.24) is 34.1 Å². The third kappa shape index (κ3) is 4.32. The summed E-state index contributed by atoms with van der Waals surface area (Å²) in [6.45, 7) is 1.11. The molecule has 38 heavy (non-hydrogen) atoms. The summed E-state index contributed by atoms with van der Waals surface area (Å²) in [6.07, 6.45) is 0.296. The first kappa shape index (κ1) is 25.2. The quantitative estimate of drug-likeness (QED) is 0.336. The molecule has 5 aromatic rings. The van der Waals surface area contributed by atoms with Crippen molar-refractivity contribution in [3.8, 4) is 5.69 Å². The van der Waals surface area contributed by atoms with E-state index < -0.39 is 40.6 Å². The third-order valence-electron chi connectivity index (χ3n) is 6.33. The van der Waals surface area contributed by atoms with Gasteiger partial charge in [-0.2, -0.15) is 23.4 Å². The molecule has 0 radical (unpaired) electrons. The van der Waals surface area contributed by atoms with Gasteiger partial charge in [0.25, 0.3) is 5.56 Å². The Morgan fingerprint density at radius 3 is 2.39 bits per heavy atom. The van der Waals surface area contributed by atoms with E-state index in [0.717, 1.165) is 35.2 Å². The molecule has 5 rings (SSSR count). The maximum absolute atomic E-state index is 14.9. The summed E-state index contributed by atoms with van der Waals surface area (Å²) >= 11 is 0. The van der Waals surface area contributed by atoms with Crippen LogP contribution in [0.3, 0.4) is 0 Å². The van der Waals surface area contributed by atoms with Crippen LogP contribution in [-0.4, -0.2) is 39.2 Å². The summed E-state index contributed by atoms with van der Waals surface area (Å²) < 4.78 is 70.8. The van der Waals surface area contributed by atoms with Crippen molar-refractivity contribution in [3.63, 3.8) is 0 Å². The molecule has 14 heteroatoms. The Morgan fingerprint density at radius 1 is 1.03 bits per heavy atom. The third-order valence-corrected chi connectivity index (χ3v) is 6.33. The van der Waals surface area contributed by atoms with Gasteiger partial charge in [-0.15, -0.1) is 0 Å². The number of aliphatic hydroxyl groups is 1. The summed E-state index contributed by atoms with van der Waals surface area (Å²) in [5, 5.41) is 19.8. The molecule has 2 aromatic carbocycles. The van der Waals surface area contributed by atoms with Crippen molar-refractivity contribution >= 4 is 11.0 Å². The van der Waals surface area contributed by atoms with Crippen LogP contribution in [0.25, 0.3) is 16.7 Å². The minimum atomic E-state index is -4.51. The van der Waals surface area contributed by atoms with Crippen molar-refractivity contribution in [2.45, 2.75) is 31.3 Å². The number of fused-ring (bicyclic) bond motifs is 1. The Bertz CT molecular complexity index is 1660. The van der Waals surface area contributed by atoms with Crippen LogP contribution in [-0.2, 0) is 18.3 Å². The lowest BCUT2D eigenvalue weighted by atomic mass is 9.86. The molecule has 196 valence electrons. The minimum absolute atomic E-state index is 0.00179. The molecule has 0 bridgehead atoms. The molecule has 0 aliphatic heterocycles. The molecule has 1 N–H and O–H groups in total. The number of rotatable bonds is 6. The van der Waals surface area contributed by atoms with Gasteiger partial charge in [0, 0.05) is 11.6 Å². The van der Waals surface area contributed by atoms with Gasteiger partial charge in [0.15, 0.2) is 5.65 Å². The van der Waals surface area contributed by atoms with Gasteiger partial charge >= 0.3 is 6.18 Å². The van der Waals surface area contributed by atoms with E-state index in [0.29, 0.717) is 6.07 Å². The average molecular weight is 531 g/mol. The predicted molar refractivity (Wildman–Crippen MR) is 123 cm³/mol. The van der Waals surface area contributed by atoms with Gasteiger partial charge in [0.1, 0.15) is 41.6 Å². The fourth-order valence-electron chi connectivity index (χ4n) is 4.26. The first-order valence-electron chi connectivity index (χ1n) is 11.1. The Kier molecular flexibility index (Phi) is 6.06. The summed E-state index contributed by atoms with van der Waals surface area (Å²) in [5.41, 5.74) is -3.60. The van der Waals surface area contributed by atoms with E-state index in [1.54, 1.807) is 0 Å². The zero-order chi connectivity index (χ0) is 27.2. The smallest absolute Gasteiger partial charge is 0.381 e. The average Bonchev–Trinajstić information content (AvgIpc) is 3.53. The maximum atomic E-state index is 14.9. The lowest BCUT2D eigenvalue weighted by Crippen LogP contribution is -2.43. The van der Waals surface area contributed by atoms with E-state index in [1.165, 1.54) is 47.3 Å². The van der Waals surface area contributed by atoms with Crippen molar-refractivity contribution in [1.29, 1.82) is 0 Å². The summed E-state index contributed by atoms with van der Waals surface area (Å²) in [5.74, 6) is -1.88. The van der Waals surface area contributed by atoms with E-state index in [4.69, 9.17) is 0 Å². The van der Waals surface area contributed by atoms with Crippen LogP contribution >= 0.6 is 0 Å². The van der Waals surface area contributed by atoms with Gasteiger partial charge in [0.05, 0.1) is 30.0 Å². The number of benzene rings is 2. The van der Waals surface area contributed by atoms with E-state index in [9.17, 15) is 31.9 Å². The minimum Gasteiger partial charge on any atom is -0.381 e. The molecule has 0 saturated heterocycles. The van der Waals surface area contributed by atoms with Gasteiger partial charge in [-0.25, -0.2) is 28.1 Å². The highest BCUT2D eigenvalue weighted by Gasteiger charge is 2.41. The standard InChI is InChI=1S/C24H18F5N7O2/c1-14(23(38,10-34-12-30-11-33-34)19-7-4-16(25)8-20(19)26)35-13-31-21-18(22(35)37)9-32-36(21)17-5-2-15(3-6-17)24(27,28)29/h2-9,11-14,38H,10H2,1H3/t14-,23-/m1/s1. The second kappa shape index (κ2) is 9.13. The van der Waals surface area contributed by atoms with E-state index in [2.05, 4.69) is 20.2 Å². The van der Waals surface area contributed by atoms with E-state index >= 15 is 0 Å². The number of hydrogen-bond donors (Lipinski definition) is 1. The molecule has 0 aliphatic rings. The second-order valence-electron chi connectivity index (χ2n) is 8.61. The van der Waals surface area contributed by atoms with Gasteiger partial charge in [0.2, 0.25) is 0 Å². The van der Waals surface area contributed by atoms with Crippen LogP contribution in [0.2, 0.25) is 0 Å². The van der Waals surface area contributed by atoms with Gasteiger partial charge in [-0.1, -0.05) is 6.07 Å². The summed E-state index contributed by atoms with van der Waals surface area (Å²) in [6, 6.07) is 5.67. The molecule has 0 amide bonds. The number of alkyl halides is 3. The van der Waals surface area contributed by atoms with Crippen LogP contribution < -0.4 is 5.56 Å².